The Bertz CT molecular complexity index is 519. The number of benzene rings is 2. The van der Waals surface area contributed by atoms with E-state index in [2.05, 4.69) is 102 Å². The van der Waals surface area contributed by atoms with Crippen LogP contribution in [-0.4, -0.2) is 6.84 Å². The predicted molar refractivity (Wildman–Crippen MR) is 89.8 cm³/mol. The third-order valence-electron chi connectivity index (χ3n) is 3.82. The topological polar surface area (TPSA) is 0 Å². The first-order valence-electron chi connectivity index (χ1n) is 7.58. The zero-order valence-corrected chi connectivity index (χ0v) is 18.8. The molecular formula is C20H28I2. The van der Waals surface area contributed by atoms with Crippen molar-refractivity contribution in [2.24, 2.45) is 0 Å². The van der Waals surface area contributed by atoms with E-state index in [-0.39, 0.29) is 30.8 Å². The molecule has 0 aliphatic carbocycles. The average molecular weight is 522 g/mol. The van der Waals surface area contributed by atoms with E-state index < -0.39 is 18.4 Å². The molecule has 0 bridgehead atoms. The van der Waals surface area contributed by atoms with Gasteiger partial charge in [0, 0.05) is 0 Å². The van der Waals surface area contributed by atoms with E-state index in [1.54, 1.807) is 7.14 Å². The molecule has 0 aromatic heterocycles. The third-order valence-corrected chi connectivity index (χ3v) is 18.7. The molecule has 2 rings (SSSR count). The van der Waals surface area contributed by atoms with Crippen LogP contribution in [0.25, 0.3) is 0 Å². The molecule has 122 valence electrons. The van der Waals surface area contributed by atoms with Crippen molar-refractivity contribution < 1.29 is 42.4 Å². The summed E-state index contributed by atoms with van der Waals surface area (Å²) in [6.07, 6.45) is 0. The van der Waals surface area contributed by atoms with Crippen LogP contribution in [0.4, 0.5) is 0 Å². The van der Waals surface area contributed by atoms with Gasteiger partial charge in [-0.3, -0.25) is 0 Å². The molecule has 0 aliphatic heterocycles. The van der Waals surface area contributed by atoms with Crippen LogP contribution in [0, 0.1) is 7.14 Å². The summed E-state index contributed by atoms with van der Waals surface area (Å²) in [7, 11) is 0. The zero-order valence-electron chi connectivity index (χ0n) is 14.5. The molecule has 0 amide bonds. The van der Waals surface area contributed by atoms with E-state index in [1.807, 2.05) is 0 Å². The number of hydrogen-bond acceptors (Lipinski definition) is 0. The Morgan fingerprint density at radius 1 is 0.545 bits per heavy atom. The first-order chi connectivity index (χ1) is 9.71. The van der Waals surface area contributed by atoms with Gasteiger partial charge in [0.25, 0.3) is 0 Å². The second kappa shape index (κ2) is 7.20. The minimum absolute atomic E-state index is 0. The average Bonchev–Trinajstić information content (AvgIpc) is 2.38. The van der Waals surface area contributed by atoms with Crippen LogP contribution in [0.15, 0.2) is 60.7 Å². The number of alkyl halides is 2. The Kier molecular flexibility index (Phi) is 6.53. The van der Waals surface area contributed by atoms with Crippen LogP contribution in [-0.2, 0) is 0 Å². The molecule has 2 aromatic rings. The minimum atomic E-state index is -2.52. The molecule has 0 aliphatic rings. The number of halogens is 2. The van der Waals surface area contributed by atoms with Crippen molar-refractivity contribution >= 4 is 0 Å². The van der Waals surface area contributed by atoms with E-state index in [0.717, 1.165) is 0 Å². The molecular weight excluding hydrogens is 494 g/mol. The van der Waals surface area contributed by atoms with Gasteiger partial charge >= 0.3 is 135 Å². The summed E-state index contributed by atoms with van der Waals surface area (Å²) in [6, 6.07) is 22.5. The number of hydrogen-bond donors (Lipinski definition) is 0. The summed E-state index contributed by atoms with van der Waals surface area (Å²) < 4.78 is 3.73. The minimum Gasteiger partial charge on any atom is -1.00 e. The SMILES string of the molecule is CC(C)(C)[I+](c1ccccc1)(c1ccccc1)C(C)(C)C.[I-]. The van der Waals surface area contributed by atoms with Crippen molar-refractivity contribution in [2.45, 2.75) is 48.4 Å². The van der Waals surface area contributed by atoms with Gasteiger partial charge in [0.2, 0.25) is 0 Å². The van der Waals surface area contributed by atoms with E-state index in [1.165, 1.54) is 0 Å². The van der Waals surface area contributed by atoms with Crippen LogP contribution >= 0.6 is 0 Å². The predicted octanol–water partition coefficient (Wildman–Crippen LogP) is -0.513. The van der Waals surface area contributed by atoms with Crippen molar-refractivity contribution in [3.05, 3.63) is 67.8 Å². The monoisotopic (exact) mass is 522 g/mol. The normalized spacial score (nSPS) is 13.4. The summed E-state index contributed by atoms with van der Waals surface area (Å²) >= 11 is -2.52. The largest absolute Gasteiger partial charge is 1.00 e. The molecule has 2 heteroatoms. The van der Waals surface area contributed by atoms with Crippen LogP contribution in [0.2, 0.25) is 0 Å². The molecule has 0 saturated heterocycles. The summed E-state index contributed by atoms with van der Waals surface area (Å²) in [5, 5.41) is 0. The van der Waals surface area contributed by atoms with Gasteiger partial charge in [0.1, 0.15) is 0 Å². The Morgan fingerprint density at radius 3 is 1.05 bits per heavy atom. The molecule has 0 radical (unpaired) electrons. The molecule has 0 atom stereocenters. The standard InChI is InChI=1S/C20H28I.HI/c1-19(2,3)21(20(4,5)6,17-13-9-7-10-14-17)18-15-11-8-12-16-18;/h7-16H,1-6H3;1H/q+1;/p-1. The molecule has 0 spiro atoms. The molecule has 0 heterocycles. The molecule has 0 fully saturated rings. The second-order valence-corrected chi connectivity index (χ2v) is 19.5. The fraction of sp³-hybridized carbons (Fsp3) is 0.400. The van der Waals surface area contributed by atoms with Gasteiger partial charge in [-0.15, -0.1) is 0 Å². The van der Waals surface area contributed by atoms with Gasteiger partial charge < -0.3 is 24.0 Å². The van der Waals surface area contributed by atoms with Crippen molar-refractivity contribution in [1.82, 2.24) is 0 Å². The summed E-state index contributed by atoms with van der Waals surface area (Å²) in [5.74, 6) is 0. The maximum atomic E-state index is 2.44. The van der Waals surface area contributed by atoms with Gasteiger partial charge in [-0.25, -0.2) is 0 Å². The van der Waals surface area contributed by atoms with Crippen LogP contribution in [0.1, 0.15) is 41.5 Å². The van der Waals surface area contributed by atoms with Crippen LogP contribution < -0.4 is 42.4 Å². The third kappa shape index (κ3) is 3.37. The molecule has 0 saturated carbocycles. The van der Waals surface area contributed by atoms with Gasteiger partial charge in [-0.05, 0) is 0 Å². The molecule has 0 N–H and O–H groups in total. The second-order valence-electron chi connectivity index (χ2n) is 7.29. The van der Waals surface area contributed by atoms with E-state index in [4.69, 9.17) is 0 Å². The van der Waals surface area contributed by atoms with Crippen LogP contribution in [0.5, 0.6) is 0 Å². The summed E-state index contributed by atoms with van der Waals surface area (Å²) in [4.78, 5) is 0. The van der Waals surface area contributed by atoms with Gasteiger partial charge in [-0.1, -0.05) is 0 Å². The van der Waals surface area contributed by atoms with Crippen molar-refractivity contribution in [1.29, 1.82) is 0 Å². The first-order valence-corrected chi connectivity index (χ1v) is 11.9. The number of rotatable bonds is 2. The molecule has 2 aromatic carbocycles. The van der Waals surface area contributed by atoms with E-state index in [0.29, 0.717) is 0 Å². The maximum absolute atomic E-state index is 2.52. The zero-order chi connectivity index (χ0) is 15.7. The maximum Gasteiger partial charge on any atom is -1.00 e. The van der Waals surface area contributed by atoms with E-state index >= 15 is 0 Å². The summed E-state index contributed by atoms with van der Waals surface area (Å²) in [6.45, 7) is 14.6. The Morgan fingerprint density at radius 2 is 0.818 bits per heavy atom. The summed E-state index contributed by atoms with van der Waals surface area (Å²) in [5.41, 5.74) is 0. The van der Waals surface area contributed by atoms with E-state index in [9.17, 15) is 0 Å². The fourth-order valence-corrected chi connectivity index (χ4v) is 19.5. The molecule has 0 unspecified atom stereocenters. The van der Waals surface area contributed by atoms with Crippen molar-refractivity contribution in [2.75, 3.05) is 0 Å². The van der Waals surface area contributed by atoms with Gasteiger partial charge in [-0.2, -0.15) is 0 Å². The fourth-order valence-electron chi connectivity index (χ4n) is 3.49. The smallest absolute Gasteiger partial charge is 1.00 e. The van der Waals surface area contributed by atoms with Crippen molar-refractivity contribution in [3.63, 3.8) is 0 Å². The first kappa shape index (κ1) is 19.9. The van der Waals surface area contributed by atoms with Gasteiger partial charge in [0.15, 0.2) is 0 Å². The quantitative estimate of drug-likeness (QED) is 0.369. The van der Waals surface area contributed by atoms with Crippen LogP contribution in [0.3, 0.4) is 0 Å². The molecule has 22 heavy (non-hydrogen) atoms. The van der Waals surface area contributed by atoms with Gasteiger partial charge in [0.05, 0.1) is 0 Å². The van der Waals surface area contributed by atoms with Crippen molar-refractivity contribution in [3.8, 4) is 0 Å². The Labute approximate surface area is 157 Å². The molecule has 0 nitrogen and oxygen atoms in total. The Hall–Kier alpha value is -0.100. The Balaban J connectivity index is 0.00000242.